The van der Waals surface area contributed by atoms with Crippen LogP contribution in [0.3, 0.4) is 0 Å². The van der Waals surface area contributed by atoms with E-state index in [0.29, 0.717) is 0 Å². The molecule has 0 aliphatic heterocycles. The van der Waals surface area contributed by atoms with E-state index in [0.717, 1.165) is 21.9 Å². The van der Waals surface area contributed by atoms with Gasteiger partial charge in [-0.2, -0.15) is 0 Å². The zero-order valence-electron chi connectivity index (χ0n) is 26.4. The van der Waals surface area contributed by atoms with E-state index in [1.807, 2.05) is 0 Å². The van der Waals surface area contributed by atoms with Crippen molar-refractivity contribution in [1.29, 1.82) is 0 Å². The van der Waals surface area contributed by atoms with Gasteiger partial charge < -0.3 is 4.42 Å². The third kappa shape index (κ3) is 3.49. The summed E-state index contributed by atoms with van der Waals surface area (Å²) < 4.78 is 6.79. The van der Waals surface area contributed by atoms with Crippen molar-refractivity contribution in [2.45, 2.75) is 24.7 Å². The van der Waals surface area contributed by atoms with Gasteiger partial charge in [-0.05, 0) is 97.1 Å². The van der Waals surface area contributed by atoms with E-state index in [1.165, 1.54) is 66.8 Å². The second-order valence-electron chi connectivity index (χ2n) is 13.7. The first-order valence-electron chi connectivity index (χ1n) is 16.5. The molecular formula is C46H32O. The van der Waals surface area contributed by atoms with Crippen molar-refractivity contribution in [1.82, 2.24) is 0 Å². The zero-order valence-corrected chi connectivity index (χ0v) is 26.4. The molecule has 0 spiro atoms. The summed E-state index contributed by atoms with van der Waals surface area (Å²) in [6, 6.07) is 58.0. The van der Waals surface area contributed by atoms with Crippen molar-refractivity contribution in [2.75, 3.05) is 0 Å². The lowest BCUT2D eigenvalue weighted by Gasteiger charge is -2.33. The number of hydrogen-bond acceptors (Lipinski definition) is 1. The standard InChI is InChI=1S/C46H32O/c1-45(2)39-19-11-9-17-33(39)36-25-29(22-24-40(36)45)30-21-23-35-38-27-37-34-18-10-12-20-41(34)46(31-13-5-3-6-14-31,32-15-7-4-8-16-32)42(37)28-44(38)47-43(35)26-30/h3-28H,1-2H3. The van der Waals surface area contributed by atoms with E-state index in [9.17, 15) is 0 Å². The van der Waals surface area contributed by atoms with Crippen LogP contribution in [0.15, 0.2) is 162 Å². The Morgan fingerprint density at radius 2 is 0.915 bits per heavy atom. The van der Waals surface area contributed by atoms with Crippen molar-refractivity contribution in [3.8, 4) is 33.4 Å². The molecule has 0 amide bonds. The van der Waals surface area contributed by atoms with Gasteiger partial charge in [-0.3, -0.25) is 0 Å². The lowest BCUT2D eigenvalue weighted by molar-refractivity contribution is 0.660. The fourth-order valence-corrected chi connectivity index (χ4v) is 8.79. The highest BCUT2D eigenvalue weighted by Gasteiger charge is 2.46. The average Bonchev–Trinajstić information content (AvgIpc) is 3.71. The van der Waals surface area contributed by atoms with Gasteiger partial charge in [0.05, 0.1) is 5.41 Å². The summed E-state index contributed by atoms with van der Waals surface area (Å²) in [4.78, 5) is 0. The largest absolute Gasteiger partial charge is 0.456 e. The molecule has 7 aromatic carbocycles. The monoisotopic (exact) mass is 600 g/mol. The fraction of sp³-hybridized carbons (Fsp3) is 0.0870. The molecule has 1 aromatic heterocycles. The second-order valence-corrected chi connectivity index (χ2v) is 13.7. The van der Waals surface area contributed by atoms with Crippen molar-refractivity contribution < 1.29 is 4.42 Å². The van der Waals surface area contributed by atoms with Crippen molar-refractivity contribution in [3.05, 3.63) is 191 Å². The average molecular weight is 601 g/mol. The van der Waals surface area contributed by atoms with Gasteiger partial charge in [-0.25, -0.2) is 0 Å². The minimum absolute atomic E-state index is 0.000878. The number of furan rings is 1. The van der Waals surface area contributed by atoms with E-state index >= 15 is 0 Å². The lowest BCUT2D eigenvalue weighted by Crippen LogP contribution is -2.28. The Bertz CT molecular complexity index is 2490. The molecule has 1 heteroatoms. The molecule has 0 N–H and O–H groups in total. The minimum Gasteiger partial charge on any atom is -0.456 e. The molecule has 0 saturated carbocycles. The lowest BCUT2D eigenvalue weighted by atomic mass is 9.67. The molecule has 2 aliphatic rings. The van der Waals surface area contributed by atoms with Gasteiger partial charge in [0.15, 0.2) is 0 Å². The van der Waals surface area contributed by atoms with Crippen molar-refractivity contribution in [2.24, 2.45) is 0 Å². The van der Waals surface area contributed by atoms with Gasteiger partial charge in [0, 0.05) is 16.2 Å². The van der Waals surface area contributed by atoms with E-state index in [-0.39, 0.29) is 5.41 Å². The summed E-state index contributed by atoms with van der Waals surface area (Å²) in [5.74, 6) is 0. The van der Waals surface area contributed by atoms with Gasteiger partial charge in [0.25, 0.3) is 0 Å². The van der Waals surface area contributed by atoms with Crippen LogP contribution in [0.2, 0.25) is 0 Å². The summed E-state index contributed by atoms with van der Waals surface area (Å²) >= 11 is 0. The van der Waals surface area contributed by atoms with Crippen LogP contribution in [0.4, 0.5) is 0 Å². The van der Waals surface area contributed by atoms with Crippen LogP contribution in [0.5, 0.6) is 0 Å². The van der Waals surface area contributed by atoms with E-state index in [1.54, 1.807) is 0 Å². The van der Waals surface area contributed by atoms with Gasteiger partial charge in [-0.1, -0.05) is 141 Å². The molecular weight excluding hydrogens is 569 g/mol. The summed E-state index contributed by atoms with van der Waals surface area (Å²) in [6.45, 7) is 4.66. The van der Waals surface area contributed by atoms with Gasteiger partial charge in [0.1, 0.15) is 11.2 Å². The summed E-state index contributed by atoms with van der Waals surface area (Å²) in [6.07, 6.45) is 0. The molecule has 0 unspecified atom stereocenters. The quantitative estimate of drug-likeness (QED) is 0.197. The first-order chi connectivity index (χ1) is 23.0. The Labute approximate surface area is 274 Å². The molecule has 1 heterocycles. The predicted octanol–water partition coefficient (Wildman–Crippen LogP) is 11.9. The molecule has 0 saturated heterocycles. The van der Waals surface area contributed by atoms with Crippen molar-refractivity contribution >= 4 is 21.9 Å². The fourth-order valence-electron chi connectivity index (χ4n) is 8.79. The Balaban J connectivity index is 1.18. The van der Waals surface area contributed by atoms with Crippen LogP contribution < -0.4 is 0 Å². The summed E-state index contributed by atoms with van der Waals surface area (Å²) in [7, 11) is 0. The molecule has 0 atom stereocenters. The molecule has 10 rings (SSSR count). The van der Waals surface area contributed by atoms with E-state index in [4.69, 9.17) is 4.42 Å². The maximum Gasteiger partial charge on any atom is 0.136 e. The van der Waals surface area contributed by atoms with Crippen LogP contribution in [-0.2, 0) is 10.8 Å². The van der Waals surface area contributed by atoms with Crippen LogP contribution in [0, 0.1) is 0 Å². The summed E-state index contributed by atoms with van der Waals surface area (Å²) in [5, 5.41) is 2.30. The van der Waals surface area contributed by atoms with Crippen LogP contribution >= 0.6 is 0 Å². The van der Waals surface area contributed by atoms with E-state index in [2.05, 4.69) is 172 Å². The number of benzene rings is 7. The van der Waals surface area contributed by atoms with Crippen LogP contribution in [-0.4, -0.2) is 0 Å². The smallest absolute Gasteiger partial charge is 0.136 e. The highest BCUT2D eigenvalue weighted by Crippen LogP contribution is 2.57. The first-order valence-corrected chi connectivity index (χ1v) is 16.5. The van der Waals surface area contributed by atoms with Crippen LogP contribution in [0.1, 0.15) is 47.2 Å². The van der Waals surface area contributed by atoms with Gasteiger partial charge in [-0.15, -0.1) is 0 Å². The molecule has 0 fully saturated rings. The molecule has 8 aromatic rings. The Kier molecular flexibility index (Phi) is 5.33. The van der Waals surface area contributed by atoms with Gasteiger partial charge in [0.2, 0.25) is 0 Å². The molecule has 2 aliphatic carbocycles. The van der Waals surface area contributed by atoms with Gasteiger partial charge >= 0.3 is 0 Å². The minimum atomic E-state index is -0.443. The van der Waals surface area contributed by atoms with E-state index < -0.39 is 5.41 Å². The number of rotatable bonds is 3. The Hall–Kier alpha value is -5.66. The Morgan fingerprint density at radius 3 is 1.64 bits per heavy atom. The Morgan fingerprint density at radius 1 is 0.383 bits per heavy atom. The molecule has 47 heavy (non-hydrogen) atoms. The molecule has 0 radical (unpaired) electrons. The topological polar surface area (TPSA) is 13.1 Å². The number of hydrogen-bond donors (Lipinski definition) is 0. The predicted molar refractivity (Wildman–Crippen MR) is 194 cm³/mol. The maximum atomic E-state index is 6.79. The third-order valence-electron chi connectivity index (χ3n) is 11.0. The first kappa shape index (κ1) is 26.5. The second kappa shape index (κ2) is 9.44. The van der Waals surface area contributed by atoms with Crippen LogP contribution in [0.25, 0.3) is 55.3 Å². The maximum absolute atomic E-state index is 6.79. The highest BCUT2D eigenvalue weighted by molar-refractivity contribution is 6.09. The van der Waals surface area contributed by atoms with Crippen molar-refractivity contribution in [3.63, 3.8) is 0 Å². The number of fused-ring (bicyclic) bond motifs is 9. The highest BCUT2D eigenvalue weighted by atomic mass is 16.3. The molecule has 0 bridgehead atoms. The zero-order chi connectivity index (χ0) is 31.3. The third-order valence-corrected chi connectivity index (χ3v) is 11.0. The molecule has 1 nitrogen and oxygen atoms in total. The summed E-state index contributed by atoms with van der Waals surface area (Å²) in [5.41, 5.74) is 16.9. The SMILES string of the molecule is CC1(C)c2ccccc2-c2cc(-c3ccc4c(c3)oc3cc5c(cc34)-c3ccccc3C5(c3ccccc3)c3ccccc3)ccc21. The normalized spacial score (nSPS) is 14.9. The molecule has 222 valence electrons.